The lowest BCUT2D eigenvalue weighted by atomic mass is 10.1. The highest BCUT2D eigenvalue weighted by molar-refractivity contribution is 5.96. The van der Waals surface area contributed by atoms with Crippen molar-refractivity contribution in [1.82, 2.24) is 4.90 Å². The number of phenolic OH excluding ortho intramolecular Hbond substituents is 1. The molecule has 0 radical (unpaired) electrons. The zero-order valence-corrected chi connectivity index (χ0v) is 11.2. The van der Waals surface area contributed by atoms with E-state index < -0.39 is 11.7 Å². The van der Waals surface area contributed by atoms with E-state index in [1.54, 1.807) is 7.05 Å². The van der Waals surface area contributed by atoms with Crippen molar-refractivity contribution in [3.63, 3.8) is 0 Å². The Kier molecular flexibility index (Phi) is 4.35. The maximum Gasteiger partial charge on any atom is 0.257 e. The van der Waals surface area contributed by atoms with Gasteiger partial charge in [0.25, 0.3) is 5.91 Å². The van der Waals surface area contributed by atoms with Gasteiger partial charge in [0, 0.05) is 13.6 Å². The molecule has 0 aliphatic rings. The van der Waals surface area contributed by atoms with Gasteiger partial charge in [0.15, 0.2) is 0 Å². The molecule has 2 aromatic carbocycles. The number of likely N-dealkylation sites (N-methyl/N-ethyl adjacent to an activating group) is 1. The lowest BCUT2D eigenvalue weighted by Gasteiger charge is -2.17. The Morgan fingerprint density at radius 3 is 2.60 bits per heavy atom. The van der Waals surface area contributed by atoms with Crippen LogP contribution in [0.2, 0.25) is 0 Å². The van der Waals surface area contributed by atoms with Gasteiger partial charge in [0.05, 0.1) is 5.56 Å². The first-order valence-corrected chi connectivity index (χ1v) is 6.36. The molecule has 0 aromatic heterocycles. The lowest BCUT2D eigenvalue weighted by molar-refractivity contribution is 0.0793. The number of hydrogen-bond donors (Lipinski definition) is 1. The highest BCUT2D eigenvalue weighted by atomic mass is 19.1. The van der Waals surface area contributed by atoms with Gasteiger partial charge in [-0.1, -0.05) is 30.3 Å². The first kappa shape index (κ1) is 14.1. The van der Waals surface area contributed by atoms with Crippen molar-refractivity contribution in [3.8, 4) is 5.75 Å². The van der Waals surface area contributed by atoms with E-state index in [4.69, 9.17) is 0 Å². The Bertz CT molecular complexity index is 599. The molecule has 0 saturated carbocycles. The Balaban J connectivity index is 2.03. The van der Waals surface area contributed by atoms with E-state index in [0.717, 1.165) is 17.7 Å². The Labute approximate surface area is 117 Å². The second kappa shape index (κ2) is 6.19. The summed E-state index contributed by atoms with van der Waals surface area (Å²) in [5.41, 5.74) is 1.11. The van der Waals surface area contributed by atoms with Crippen LogP contribution < -0.4 is 0 Å². The van der Waals surface area contributed by atoms with Gasteiger partial charge in [0.1, 0.15) is 11.6 Å². The maximum absolute atomic E-state index is 13.1. The first-order chi connectivity index (χ1) is 9.58. The van der Waals surface area contributed by atoms with E-state index in [1.807, 2.05) is 30.3 Å². The highest BCUT2D eigenvalue weighted by Crippen LogP contribution is 2.19. The zero-order valence-electron chi connectivity index (χ0n) is 11.2. The van der Waals surface area contributed by atoms with Crippen LogP contribution in [0.1, 0.15) is 15.9 Å². The minimum atomic E-state index is -0.539. The van der Waals surface area contributed by atoms with E-state index in [2.05, 4.69) is 0 Å². The number of hydrogen-bond acceptors (Lipinski definition) is 2. The van der Waals surface area contributed by atoms with Gasteiger partial charge in [-0.05, 0) is 30.2 Å². The summed E-state index contributed by atoms with van der Waals surface area (Å²) < 4.78 is 13.1. The molecule has 0 fully saturated rings. The first-order valence-electron chi connectivity index (χ1n) is 6.36. The minimum Gasteiger partial charge on any atom is -0.507 e. The molecule has 20 heavy (non-hydrogen) atoms. The van der Waals surface area contributed by atoms with Crippen LogP contribution >= 0.6 is 0 Å². The smallest absolute Gasteiger partial charge is 0.257 e. The molecule has 0 unspecified atom stereocenters. The Morgan fingerprint density at radius 1 is 1.20 bits per heavy atom. The van der Waals surface area contributed by atoms with Crippen molar-refractivity contribution in [1.29, 1.82) is 0 Å². The summed E-state index contributed by atoms with van der Waals surface area (Å²) in [6, 6.07) is 13.1. The van der Waals surface area contributed by atoms with E-state index >= 15 is 0 Å². The number of aromatic hydroxyl groups is 1. The third kappa shape index (κ3) is 3.35. The van der Waals surface area contributed by atoms with Crippen molar-refractivity contribution in [3.05, 3.63) is 65.5 Å². The van der Waals surface area contributed by atoms with Gasteiger partial charge < -0.3 is 10.0 Å². The van der Waals surface area contributed by atoms with E-state index in [9.17, 15) is 14.3 Å². The number of benzene rings is 2. The number of carbonyl (C=O) groups excluding carboxylic acids is 1. The van der Waals surface area contributed by atoms with Crippen LogP contribution in [0.5, 0.6) is 5.75 Å². The number of rotatable bonds is 4. The average molecular weight is 273 g/mol. The van der Waals surface area contributed by atoms with Gasteiger partial charge in [-0.15, -0.1) is 0 Å². The number of phenols is 1. The van der Waals surface area contributed by atoms with Crippen LogP contribution in [-0.4, -0.2) is 29.5 Å². The highest BCUT2D eigenvalue weighted by Gasteiger charge is 2.16. The summed E-state index contributed by atoms with van der Waals surface area (Å²) in [7, 11) is 1.63. The van der Waals surface area contributed by atoms with E-state index in [0.29, 0.717) is 13.0 Å². The molecular weight excluding hydrogens is 257 g/mol. The van der Waals surface area contributed by atoms with E-state index in [1.165, 1.54) is 11.0 Å². The summed E-state index contributed by atoms with van der Waals surface area (Å²) in [4.78, 5) is 13.6. The number of amides is 1. The summed E-state index contributed by atoms with van der Waals surface area (Å²) >= 11 is 0. The fraction of sp³-hybridized carbons (Fsp3) is 0.188. The third-order valence-corrected chi connectivity index (χ3v) is 3.11. The molecule has 0 spiro atoms. The van der Waals surface area contributed by atoms with Gasteiger partial charge in [-0.3, -0.25) is 4.79 Å². The van der Waals surface area contributed by atoms with Crippen LogP contribution in [-0.2, 0) is 6.42 Å². The average Bonchev–Trinajstić information content (AvgIpc) is 2.47. The van der Waals surface area contributed by atoms with Crippen LogP contribution in [0.15, 0.2) is 48.5 Å². The molecule has 0 bridgehead atoms. The summed E-state index contributed by atoms with van der Waals surface area (Å²) in [5.74, 6) is -1.14. The van der Waals surface area contributed by atoms with E-state index in [-0.39, 0.29) is 11.3 Å². The third-order valence-electron chi connectivity index (χ3n) is 3.11. The number of carbonyl (C=O) groups is 1. The topological polar surface area (TPSA) is 40.5 Å². The fourth-order valence-corrected chi connectivity index (χ4v) is 1.93. The largest absolute Gasteiger partial charge is 0.507 e. The monoisotopic (exact) mass is 273 g/mol. The number of nitrogens with zero attached hydrogens (tertiary/aromatic N) is 1. The maximum atomic E-state index is 13.1. The molecule has 104 valence electrons. The molecule has 3 nitrogen and oxygen atoms in total. The molecule has 0 aliphatic carbocycles. The minimum absolute atomic E-state index is 0.0134. The van der Waals surface area contributed by atoms with Crippen molar-refractivity contribution < 1.29 is 14.3 Å². The molecule has 4 heteroatoms. The van der Waals surface area contributed by atoms with Crippen molar-refractivity contribution in [2.75, 3.05) is 13.6 Å². The standard InChI is InChI=1S/C16H16FNO2/c1-18(10-9-12-5-3-2-4-6-12)16(20)14-11-13(17)7-8-15(14)19/h2-8,11,19H,9-10H2,1H3. The summed E-state index contributed by atoms with van der Waals surface area (Å²) in [6.07, 6.45) is 0.707. The van der Waals surface area contributed by atoms with Gasteiger partial charge in [-0.25, -0.2) is 4.39 Å². The van der Waals surface area contributed by atoms with Crippen molar-refractivity contribution >= 4 is 5.91 Å². The predicted molar refractivity (Wildman–Crippen MR) is 75.2 cm³/mol. The predicted octanol–water partition coefficient (Wildman–Crippen LogP) is 2.85. The van der Waals surface area contributed by atoms with Gasteiger partial charge in [0.2, 0.25) is 0 Å². The van der Waals surface area contributed by atoms with Gasteiger partial charge >= 0.3 is 0 Å². The van der Waals surface area contributed by atoms with Crippen LogP contribution in [0, 0.1) is 5.82 Å². The van der Waals surface area contributed by atoms with Crippen LogP contribution in [0.3, 0.4) is 0 Å². The zero-order chi connectivity index (χ0) is 14.5. The van der Waals surface area contributed by atoms with Crippen LogP contribution in [0.4, 0.5) is 4.39 Å². The van der Waals surface area contributed by atoms with Crippen LogP contribution in [0.25, 0.3) is 0 Å². The Hall–Kier alpha value is -2.36. The molecule has 1 N–H and O–H groups in total. The SMILES string of the molecule is CN(CCc1ccccc1)C(=O)c1cc(F)ccc1O. The quantitative estimate of drug-likeness (QED) is 0.930. The van der Waals surface area contributed by atoms with Crippen molar-refractivity contribution in [2.45, 2.75) is 6.42 Å². The second-order valence-electron chi connectivity index (χ2n) is 4.62. The molecule has 1 amide bonds. The molecule has 0 heterocycles. The number of halogens is 1. The molecule has 0 aliphatic heterocycles. The molecule has 0 saturated heterocycles. The normalized spacial score (nSPS) is 10.3. The molecule has 2 rings (SSSR count). The Morgan fingerprint density at radius 2 is 1.90 bits per heavy atom. The fourth-order valence-electron chi connectivity index (χ4n) is 1.93. The molecular formula is C16H16FNO2. The molecule has 0 atom stereocenters. The summed E-state index contributed by atoms with van der Waals surface area (Å²) in [5, 5.41) is 9.63. The second-order valence-corrected chi connectivity index (χ2v) is 4.62. The summed E-state index contributed by atoms with van der Waals surface area (Å²) in [6.45, 7) is 0.499. The molecule has 2 aromatic rings. The van der Waals surface area contributed by atoms with Crippen molar-refractivity contribution in [2.24, 2.45) is 0 Å². The van der Waals surface area contributed by atoms with Gasteiger partial charge in [-0.2, -0.15) is 0 Å². The lowest BCUT2D eigenvalue weighted by Crippen LogP contribution is -2.29.